The highest BCUT2D eigenvalue weighted by atomic mass is 19.4. The second-order valence-electron chi connectivity index (χ2n) is 6.00. The zero-order chi connectivity index (χ0) is 15.3. The van der Waals surface area contributed by atoms with Crippen LogP contribution >= 0.6 is 0 Å². The Bertz CT molecular complexity index is 631. The van der Waals surface area contributed by atoms with Crippen molar-refractivity contribution in [2.75, 3.05) is 0 Å². The largest absolute Gasteiger partial charge is 0.416 e. The Balaban J connectivity index is 2.77. The Kier molecular flexibility index (Phi) is 3.37. The molecule has 2 N–H and O–H groups in total. The molecule has 20 heavy (non-hydrogen) atoms. The quantitative estimate of drug-likeness (QED) is 0.868. The molecule has 0 aliphatic heterocycles. The summed E-state index contributed by atoms with van der Waals surface area (Å²) in [4.78, 5) is 0. The van der Waals surface area contributed by atoms with Gasteiger partial charge in [0, 0.05) is 28.7 Å². The molecule has 2 rings (SSSR count). The van der Waals surface area contributed by atoms with E-state index >= 15 is 0 Å². The summed E-state index contributed by atoms with van der Waals surface area (Å²) in [6, 6.07) is 3.89. The van der Waals surface area contributed by atoms with Crippen LogP contribution in [-0.2, 0) is 11.7 Å². The maximum absolute atomic E-state index is 12.9. The molecule has 0 bridgehead atoms. The number of hydrogen-bond donors (Lipinski definition) is 1. The molecule has 0 atom stereocenters. The molecule has 2 nitrogen and oxygen atoms in total. The summed E-state index contributed by atoms with van der Waals surface area (Å²) in [5, 5.41) is 0.777. The number of fused-ring (bicyclic) bond motifs is 1. The maximum Gasteiger partial charge on any atom is 0.416 e. The van der Waals surface area contributed by atoms with Gasteiger partial charge >= 0.3 is 6.18 Å². The van der Waals surface area contributed by atoms with E-state index in [1.807, 2.05) is 38.5 Å². The molecule has 1 aromatic carbocycles. The normalized spacial score (nSPS) is 13.4. The molecule has 110 valence electrons. The number of alkyl halides is 3. The minimum atomic E-state index is -4.33. The molecule has 0 radical (unpaired) electrons. The summed E-state index contributed by atoms with van der Waals surface area (Å²) in [6.45, 7) is 7.58. The first-order valence-corrected chi connectivity index (χ1v) is 6.53. The first-order valence-electron chi connectivity index (χ1n) is 6.53. The molecule has 2 aromatic rings. The standard InChI is InChI=1S/C15H19F3N2/c1-9(2)20-8-12(14(3,4)19)11-6-5-10(7-13(11)20)15(16,17)18/h5-9H,19H2,1-4H3. The Labute approximate surface area is 116 Å². The van der Waals surface area contributed by atoms with E-state index in [1.165, 1.54) is 12.1 Å². The van der Waals surface area contributed by atoms with Crippen LogP contribution in [0.25, 0.3) is 10.9 Å². The maximum atomic E-state index is 12.9. The zero-order valence-electron chi connectivity index (χ0n) is 12.0. The molecule has 0 spiro atoms. The zero-order valence-corrected chi connectivity index (χ0v) is 12.0. The van der Waals surface area contributed by atoms with Crippen molar-refractivity contribution in [1.82, 2.24) is 4.57 Å². The summed E-state index contributed by atoms with van der Waals surface area (Å²) in [5.41, 5.74) is 6.32. The van der Waals surface area contributed by atoms with Crippen molar-refractivity contribution in [2.24, 2.45) is 5.73 Å². The number of aromatic nitrogens is 1. The highest BCUT2D eigenvalue weighted by Gasteiger charge is 2.31. The lowest BCUT2D eigenvalue weighted by Gasteiger charge is -2.17. The van der Waals surface area contributed by atoms with Gasteiger partial charge in [0.1, 0.15) is 0 Å². The van der Waals surface area contributed by atoms with Crippen LogP contribution in [0.5, 0.6) is 0 Å². The Hall–Kier alpha value is -1.49. The molecule has 0 aliphatic carbocycles. The number of halogens is 3. The average molecular weight is 284 g/mol. The van der Waals surface area contributed by atoms with Gasteiger partial charge in [-0.05, 0) is 45.4 Å². The van der Waals surface area contributed by atoms with E-state index in [0.29, 0.717) is 5.52 Å². The molecule has 0 saturated carbocycles. The fourth-order valence-corrected chi connectivity index (χ4v) is 2.37. The minimum absolute atomic E-state index is 0.0667. The summed E-state index contributed by atoms with van der Waals surface area (Å²) in [5.74, 6) is 0. The third kappa shape index (κ3) is 2.54. The van der Waals surface area contributed by atoms with E-state index in [0.717, 1.165) is 17.0 Å². The molecular weight excluding hydrogens is 265 g/mol. The Morgan fingerprint density at radius 1 is 1.15 bits per heavy atom. The van der Waals surface area contributed by atoms with Gasteiger partial charge in [-0.1, -0.05) is 6.07 Å². The molecular formula is C15H19F3N2. The van der Waals surface area contributed by atoms with E-state index in [2.05, 4.69) is 0 Å². The fraction of sp³-hybridized carbons (Fsp3) is 0.467. The third-order valence-corrected chi connectivity index (χ3v) is 3.41. The van der Waals surface area contributed by atoms with Crippen molar-refractivity contribution in [3.63, 3.8) is 0 Å². The summed E-state index contributed by atoms with van der Waals surface area (Å²) in [7, 11) is 0. The van der Waals surface area contributed by atoms with E-state index in [1.54, 1.807) is 0 Å². The number of benzene rings is 1. The van der Waals surface area contributed by atoms with Crippen molar-refractivity contribution >= 4 is 10.9 Å². The van der Waals surface area contributed by atoms with Gasteiger partial charge in [-0.25, -0.2) is 0 Å². The molecule has 0 amide bonds. The van der Waals surface area contributed by atoms with Crippen LogP contribution in [0.1, 0.15) is 44.9 Å². The monoisotopic (exact) mass is 284 g/mol. The first kappa shape index (κ1) is 14.9. The van der Waals surface area contributed by atoms with Gasteiger partial charge in [-0.15, -0.1) is 0 Å². The van der Waals surface area contributed by atoms with Crippen molar-refractivity contribution < 1.29 is 13.2 Å². The van der Waals surface area contributed by atoms with Gasteiger partial charge in [0.25, 0.3) is 0 Å². The van der Waals surface area contributed by atoms with E-state index in [9.17, 15) is 13.2 Å². The van der Waals surface area contributed by atoms with Crippen molar-refractivity contribution in [3.8, 4) is 0 Å². The minimum Gasteiger partial charge on any atom is -0.345 e. The Morgan fingerprint density at radius 2 is 1.75 bits per heavy atom. The van der Waals surface area contributed by atoms with Crippen molar-refractivity contribution in [2.45, 2.75) is 45.5 Å². The van der Waals surface area contributed by atoms with Gasteiger partial charge in [0.05, 0.1) is 5.56 Å². The number of nitrogens with zero attached hydrogens (tertiary/aromatic N) is 1. The van der Waals surface area contributed by atoms with Crippen LogP contribution in [0.2, 0.25) is 0 Å². The summed E-state index contributed by atoms with van der Waals surface area (Å²) >= 11 is 0. The fourth-order valence-electron chi connectivity index (χ4n) is 2.37. The van der Waals surface area contributed by atoms with Crippen LogP contribution in [0.3, 0.4) is 0 Å². The molecule has 1 aromatic heterocycles. The van der Waals surface area contributed by atoms with Crippen LogP contribution in [0.4, 0.5) is 13.2 Å². The second-order valence-corrected chi connectivity index (χ2v) is 6.00. The van der Waals surface area contributed by atoms with Crippen molar-refractivity contribution in [1.29, 1.82) is 0 Å². The van der Waals surface area contributed by atoms with Gasteiger partial charge in [-0.2, -0.15) is 13.2 Å². The average Bonchev–Trinajstić information content (AvgIpc) is 2.65. The molecule has 0 aliphatic rings. The van der Waals surface area contributed by atoms with Crippen LogP contribution in [0, 0.1) is 0 Å². The topological polar surface area (TPSA) is 30.9 Å². The van der Waals surface area contributed by atoms with E-state index < -0.39 is 17.3 Å². The van der Waals surface area contributed by atoms with Crippen molar-refractivity contribution in [3.05, 3.63) is 35.5 Å². The molecule has 0 fully saturated rings. The number of hydrogen-bond acceptors (Lipinski definition) is 1. The number of rotatable bonds is 2. The molecule has 1 heterocycles. The van der Waals surface area contributed by atoms with Gasteiger partial charge < -0.3 is 10.3 Å². The lowest BCUT2D eigenvalue weighted by Crippen LogP contribution is -2.28. The predicted octanol–water partition coefficient (Wildman–Crippen LogP) is 4.43. The lowest BCUT2D eigenvalue weighted by atomic mass is 9.95. The molecule has 0 saturated heterocycles. The summed E-state index contributed by atoms with van der Waals surface area (Å²) < 4.78 is 40.4. The van der Waals surface area contributed by atoms with Gasteiger partial charge in [-0.3, -0.25) is 0 Å². The lowest BCUT2D eigenvalue weighted by molar-refractivity contribution is -0.137. The van der Waals surface area contributed by atoms with Crippen LogP contribution < -0.4 is 5.73 Å². The van der Waals surface area contributed by atoms with Gasteiger partial charge in [0.15, 0.2) is 0 Å². The molecule has 5 heteroatoms. The van der Waals surface area contributed by atoms with Gasteiger partial charge in [0.2, 0.25) is 0 Å². The highest BCUT2D eigenvalue weighted by Crippen LogP contribution is 2.36. The van der Waals surface area contributed by atoms with Crippen LogP contribution in [-0.4, -0.2) is 4.57 Å². The second kappa shape index (κ2) is 4.52. The predicted molar refractivity (Wildman–Crippen MR) is 74.5 cm³/mol. The van der Waals surface area contributed by atoms with Crippen LogP contribution in [0.15, 0.2) is 24.4 Å². The first-order chi connectivity index (χ1) is 9.01. The number of nitrogens with two attached hydrogens (primary N) is 1. The highest BCUT2D eigenvalue weighted by molar-refractivity contribution is 5.86. The molecule has 0 unspecified atom stereocenters. The summed E-state index contributed by atoms with van der Waals surface area (Å²) in [6.07, 6.45) is -2.48. The smallest absolute Gasteiger partial charge is 0.345 e. The Morgan fingerprint density at radius 3 is 2.20 bits per heavy atom. The van der Waals surface area contributed by atoms with E-state index in [4.69, 9.17) is 5.73 Å². The van der Waals surface area contributed by atoms with E-state index in [-0.39, 0.29) is 6.04 Å². The third-order valence-electron chi connectivity index (χ3n) is 3.41. The SMILES string of the molecule is CC(C)n1cc(C(C)(C)N)c2ccc(C(F)(F)F)cc21.